The molecule has 2 fully saturated rings. The third kappa shape index (κ3) is 4.96. The molecular formula is C27H28ClN4+. The van der Waals surface area contributed by atoms with E-state index < -0.39 is 0 Å². The Morgan fingerprint density at radius 2 is 1.59 bits per heavy atom. The number of anilines is 1. The van der Waals surface area contributed by atoms with Crippen LogP contribution in [-0.4, -0.2) is 47.1 Å². The Morgan fingerprint density at radius 3 is 2.31 bits per heavy atom. The highest BCUT2D eigenvalue weighted by atomic mass is 35.5. The molecule has 162 valence electrons. The fourth-order valence-corrected chi connectivity index (χ4v) is 4.74. The molecule has 2 saturated heterocycles. The van der Waals surface area contributed by atoms with Gasteiger partial charge in [0, 0.05) is 54.8 Å². The van der Waals surface area contributed by atoms with Crippen molar-refractivity contribution in [2.75, 3.05) is 31.1 Å². The maximum atomic E-state index is 5.15. The van der Waals surface area contributed by atoms with Crippen LogP contribution in [0.2, 0.25) is 5.02 Å². The summed E-state index contributed by atoms with van der Waals surface area (Å²) in [4.78, 5) is 14.3. The van der Waals surface area contributed by atoms with E-state index in [0.29, 0.717) is 6.04 Å². The second-order valence-corrected chi connectivity index (χ2v) is 9.07. The van der Waals surface area contributed by atoms with Gasteiger partial charge in [0.1, 0.15) is 11.5 Å². The van der Waals surface area contributed by atoms with Crippen LogP contribution in [0, 0.1) is 23.4 Å². The fraction of sp³-hybridized carbons (Fsp3) is 0.333. The molecule has 3 aromatic rings. The van der Waals surface area contributed by atoms with Gasteiger partial charge in [0.25, 0.3) is 0 Å². The van der Waals surface area contributed by atoms with Crippen molar-refractivity contribution in [1.82, 2.24) is 14.9 Å². The van der Waals surface area contributed by atoms with Gasteiger partial charge in [-0.2, -0.15) is 0 Å². The number of aromatic nitrogens is 2. The zero-order valence-electron chi connectivity index (χ0n) is 18.2. The van der Waals surface area contributed by atoms with Crippen molar-refractivity contribution in [3.63, 3.8) is 0 Å². The number of halogens is 1. The van der Waals surface area contributed by atoms with Crippen LogP contribution in [0.1, 0.15) is 36.9 Å². The summed E-state index contributed by atoms with van der Waals surface area (Å²) in [6.45, 7) is 4.70. The molecule has 2 aliphatic heterocycles. The van der Waals surface area contributed by atoms with Crippen LogP contribution in [0.5, 0.6) is 0 Å². The van der Waals surface area contributed by atoms with Crippen LogP contribution >= 0.6 is 0 Å². The predicted molar refractivity (Wildman–Crippen MR) is 126 cm³/mol. The Bertz CT molecular complexity index is 1090. The highest BCUT2D eigenvalue weighted by Crippen LogP contribution is 2.24. The highest BCUT2D eigenvalue weighted by Gasteiger charge is 2.28. The molecule has 0 unspecified atom stereocenters. The van der Waals surface area contributed by atoms with Gasteiger partial charge in [-0.25, -0.2) is 9.97 Å². The molecule has 0 saturated carbocycles. The summed E-state index contributed by atoms with van der Waals surface area (Å²) in [6, 6.07) is 16.8. The Hall–Kier alpha value is -2.87. The maximum absolute atomic E-state index is 5.15. The zero-order chi connectivity index (χ0) is 21.8. The van der Waals surface area contributed by atoms with Crippen LogP contribution in [0.15, 0.2) is 60.9 Å². The van der Waals surface area contributed by atoms with E-state index in [-0.39, 0.29) is 0 Å². The first kappa shape index (κ1) is 21.0. The van der Waals surface area contributed by atoms with Gasteiger partial charge in [-0.05, 0) is 74.2 Å². The molecule has 4 nitrogen and oxygen atoms in total. The lowest BCUT2D eigenvalue weighted by molar-refractivity contribution is -0.288. The Morgan fingerprint density at radius 1 is 0.781 bits per heavy atom. The molecule has 5 rings (SSSR count). The zero-order valence-corrected chi connectivity index (χ0v) is 19.0. The lowest BCUT2D eigenvalue weighted by Crippen LogP contribution is -2.40. The monoisotopic (exact) mass is 443 g/mol. The molecule has 2 aliphatic rings. The molecule has 32 heavy (non-hydrogen) atoms. The second-order valence-electron chi connectivity index (χ2n) is 8.60. The van der Waals surface area contributed by atoms with Crippen molar-refractivity contribution in [1.29, 1.82) is 0 Å². The fourth-order valence-electron chi connectivity index (χ4n) is 4.60. The summed E-state index contributed by atoms with van der Waals surface area (Å²) in [5, 5.41) is 0.843. The van der Waals surface area contributed by atoms with Crippen LogP contribution < -0.4 is 4.90 Å². The summed E-state index contributed by atoms with van der Waals surface area (Å²) < 4.78 is 0. The van der Waals surface area contributed by atoms with E-state index in [9.17, 15) is 0 Å². The molecule has 0 amide bonds. The number of hydrogen-bond donors (Lipinski definition) is 0. The first-order valence-corrected chi connectivity index (χ1v) is 11.9. The van der Waals surface area contributed by atoms with E-state index in [1.165, 1.54) is 38.8 Å². The molecule has 2 aromatic heterocycles. The predicted octanol–water partition coefficient (Wildman–Crippen LogP) is 4.30. The largest absolute Gasteiger partial charge is 0.355 e. The lowest BCUT2D eigenvalue weighted by Gasteiger charge is -2.32. The van der Waals surface area contributed by atoms with Crippen LogP contribution in [0.3, 0.4) is 0 Å². The Kier molecular flexibility index (Phi) is 6.39. The number of likely N-dealkylation sites (tertiary alicyclic amines) is 1. The molecule has 5 heteroatoms. The molecule has 1 atom stereocenters. The maximum Gasteiger partial charge on any atom is 0.225 e. The minimum absolute atomic E-state index is 0.681. The van der Waals surface area contributed by atoms with Crippen molar-refractivity contribution in [2.45, 2.75) is 31.7 Å². The van der Waals surface area contributed by atoms with Gasteiger partial charge < -0.3 is 4.90 Å². The first-order chi connectivity index (χ1) is 15.7. The van der Waals surface area contributed by atoms with Crippen LogP contribution in [0.4, 0.5) is 5.82 Å². The topological polar surface area (TPSA) is 32.3 Å². The summed E-state index contributed by atoms with van der Waals surface area (Å²) in [5.41, 5.74) is 3.83. The standard InChI is InChI=1S/C27H28ClN4/c28-24-9-6-22(7-10-24)23-8-12-25(29-19-23)11-4-21-5-13-27(30-18-21)32-17-14-26(20-32)31-15-2-1-3-16-31/h5-10,12-13,18-19,26,28H,1-3,14-17,20H2/q+1/t26-/m0/s1. The SMILES string of the molecule is [ClH+]c1ccc(-c2ccc(C#Cc3ccc(N4CC[C@H](N5CCCCC5)C4)nc3)nc2)cc1. The van der Waals surface area contributed by atoms with E-state index in [4.69, 9.17) is 11.6 Å². The van der Waals surface area contributed by atoms with Gasteiger partial charge in [0.2, 0.25) is 5.02 Å². The number of piperidine rings is 1. The highest BCUT2D eigenvalue weighted by molar-refractivity contribution is 5.63. The molecule has 4 heterocycles. The van der Waals surface area contributed by atoms with Gasteiger partial charge >= 0.3 is 0 Å². The molecular weight excluding hydrogens is 416 g/mol. The van der Waals surface area contributed by atoms with Crippen molar-refractivity contribution >= 4 is 5.82 Å². The van der Waals surface area contributed by atoms with Gasteiger partial charge in [-0.1, -0.05) is 18.4 Å². The van der Waals surface area contributed by atoms with Crippen LogP contribution in [-0.2, 0) is 0 Å². The van der Waals surface area contributed by atoms with Gasteiger partial charge in [0.05, 0.1) is 0 Å². The average Bonchev–Trinajstić information content (AvgIpc) is 3.35. The molecule has 0 N–H and O–H groups in total. The molecule has 0 aliphatic carbocycles. The lowest BCUT2D eigenvalue weighted by atomic mass is 10.1. The normalized spacial score (nSPS) is 18.9. The average molecular weight is 444 g/mol. The second kappa shape index (κ2) is 9.73. The van der Waals surface area contributed by atoms with Crippen molar-refractivity contribution in [3.8, 4) is 23.0 Å². The van der Waals surface area contributed by atoms with E-state index in [1.54, 1.807) is 0 Å². The molecule has 0 spiro atoms. The molecule has 0 bridgehead atoms. The van der Waals surface area contributed by atoms with E-state index in [1.807, 2.05) is 48.8 Å². The van der Waals surface area contributed by atoms with Gasteiger partial charge in [-0.15, -0.1) is 0 Å². The first-order valence-electron chi connectivity index (χ1n) is 11.5. The van der Waals surface area contributed by atoms with Crippen LogP contribution in [0.25, 0.3) is 11.1 Å². The summed E-state index contributed by atoms with van der Waals surface area (Å²) in [5.74, 6) is 7.40. The van der Waals surface area contributed by atoms with E-state index in [2.05, 4.69) is 43.7 Å². The smallest absolute Gasteiger partial charge is 0.225 e. The minimum atomic E-state index is 0.681. The van der Waals surface area contributed by atoms with Crippen molar-refractivity contribution < 1.29 is 11.6 Å². The van der Waals surface area contributed by atoms with Crippen molar-refractivity contribution in [2.24, 2.45) is 0 Å². The minimum Gasteiger partial charge on any atom is -0.355 e. The quantitative estimate of drug-likeness (QED) is 0.565. The van der Waals surface area contributed by atoms with Crippen molar-refractivity contribution in [3.05, 3.63) is 77.2 Å². The molecule has 1 aromatic carbocycles. The number of nitrogens with zero attached hydrogens (tertiary/aromatic N) is 4. The third-order valence-corrected chi connectivity index (χ3v) is 6.70. The summed E-state index contributed by atoms with van der Waals surface area (Å²) in [7, 11) is 0. The summed E-state index contributed by atoms with van der Waals surface area (Å²) in [6.07, 6.45) is 9.06. The Labute approximate surface area is 195 Å². The van der Waals surface area contributed by atoms with E-state index in [0.717, 1.165) is 46.3 Å². The molecule has 0 radical (unpaired) electrons. The summed E-state index contributed by atoms with van der Waals surface area (Å²) >= 11 is 5.15. The van der Waals surface area contributed by atoms with Gasteiger partial charge in [-0.3, -0.25) is 4.90 Å². The third-order valence-electron chi connectivity index (χ3n) is 6.43. The number of benzene rings is 1. The Balaban J connectivity index is 1.20. The number of hydrogen-bond acceptors (Lipinski definition) is 4. The number of rotatable bonds is 3. The number of pyridine rings is 2. The van der Waals surface area contributed by atoms with E-state index >= 15 is 0 Å². The van der Waals surface area contributed by atoms with Gasteiger partial charge in [0.15, 0.2) is 11.6 Å².